The summed E-state index contributed by atoms with van der Waals surface area (Å²) in [7, 11) is 1.57. The largest absolute Gasteiger partial charge is 0.494 e. The van der Waals surface area contributed by atoms with Crippen LogP contribution in [0.5, 0.6) is 5.75 Å². The standard InChI is InChI=1S/C9H13N3O/c1-6-3-8(13-2)9(12-5-6)7(11)4-10/h3-5H,10-11H2,1-2H3. The van der Waals surface area contributed by atoms with Gasteiger partial charge < -0.3 is 16.2 Å². The molecule has 0 atom stereocenters. The molecule has 0 aliphatic rings. The fourth-order valence-corrected chi connectivity index (χ4v) is 0.994. The molecule has 0 radical (unpaired) electrons. The van der Waals surface area contributed by atoms with Gasteiger partial charge >= 0.3 is 0 Å². The molecule has 13 heavy (non-hydrogen) atoms. The van der Waals surface area contributed by atoms with E-state index in [9.17, 15) is 0 Å². The van der Waals surface area contributed by atoms with E-state index < -0.39 is 0 Å². The highest BCUT2D eigenvalue weighted by Gasteiger charge is 2.06. The molecule has 0 saturated heterocycles. The second kappa shape index (κ2) is 3.80. The summed E-state index contributed by atoms with van der Waals surface area (Å²) >= 11 is 0. The third kappa shape index (κ3) is 1.90. The van der Waals surface area contributed by atoms with Gasteiger partial charge in [-0.25, -0.2) is 0 Å². The molecule has 1 aromatic heterocycles. The number of pyridine rings is 1. The van der Waals surface area contributed by atoms with Gasteiger partial charge in [-0.05, 0) is 18.6 Å². The Balaban J connectivity index is 3.21. The Labute approximate surface area is 77.2 Å². The molecule has 0 saturated carbocycles. The molecule has 4 heteroatoms. The van der Waals surface area contributed by atoms with Gasteiger partial charge in [-0.3, -0.25) is 4.98 Å². The quantitative estimate of drug-likeness (QED) is 0.697. The van der Waals surface area contributed by atoms with Crippen molar-refractivity contribution in [1.29, 1.82) is 0 Å². The fourth-order valence-electron chi connectivity index (χ4n) is 0.994. The molecule has 1 rings (SSSR count). The van der Waals surface area contributed by atoms with Gasteiger partial charge in [-0.15, -0.1) is 0 Å². The van der Waals surface area contributed by atoms with E-state index in [-0.39, 0.29) is 0 Å². The van der Waals surface area contributed by atoms with Gasteiger partial charge in [0, 0.05) is 12.4 Å². The van der Waals surface area contributed by atoms with Crippen LogP contribution in [0.25, 0.3) is 5.70 Å². The number of aryl methyl sites for hydroxylation is 1. The van der Waals surface area contributed by atoms with Crippen LogP contribution in [-0.4, -0.2) is 12.1 Å². The topological polar surface area (TPSA) is 74.2 Å². The summed E-state index contributed by atoms with van der Waals surface area (Å²) in [6, 6.07) is 1.86. The summed E-state index contributed by atoms with van der Waals surface area (Å²) in [5.74, 6) is 0.638. The highest BCUT2D eigenvalue weighted by atomic mass is 16.5. The van der Waals surface area contributed by atoms with E-state index in [1.165, 1.54) is 6.20 Å². The zero-order chi connectivity index (χ0) is 9.84. The summed E-state index contributed by atoms with van der Waals surface area (Å²) in [5.41, 5.74) is 12.9. The average Bonchev–Trinajstić information content (AvgIpc) is 2.16. The van der Waals surface area contributed by atoms with Crippen LogP contribution in [-0.2, 0) is 0 Å². The number of hydrogen-bond donors (Lipinski definition) is 2. The lowest BCUT2D eigenvalue weighted by Crippen LogP contribution is -2.04. The predicted molar refractivity (Wildman–Crippen MR) is 51.9 cm³/mol. The van der Waals surface area contributed by atoms with Crippen molar-refractivity contribution in [3.05, 3.63) is 29.7 Å². The van der Waals surface area contributed by atoms with Crippen LogP contribution in [0.3, 0.4) is 0 Å². The van der Waals surface area contributed by atoms with Crippen molar-refractivity contribution in [2.75, 3.05) is 7.11 Å². The van der Waals surface area contributed by atoms with Crippen molar-refractivity contribution in [2.45, 2.75) is 6.92 Å². The molecule has 0 amide bonds. The Morgan fingerprint density at radius 3 is 2.85 bits per heavy atom. The third-order valence-corrected chi connectivity index (χ3v) is 1.66. The van der Waals surface area contributed by atoms with E-state index in [1.807, 2.05) is 13.0 Å². The van der Waals surface area contributed by atoms with Gasteiger partial charge in [0.1, 0.15) is 11.4 Å². The van der Waals surface area contributed by atoms with Gasteiger partial charge in [-0.2, -0.15) is 0 Å². The minimum Gasteiger partial charge on any atom is -0.494 e. The smallest absolute Gasteiger partial charge is 0.146 e. The SMILES string of the molecule is COc1cc(C)cnc1C(N)=CN. The molecule has 1 heterocycles. The molecule has 0 aromatic carbocycles. The highest BCUT2D eigenvalue weighted by molar-refractivity contribution is 5.64. The lowest BCUT2D eigenvalue weighted by atomic mass is 10.2. The molecule has 1 aromatic rings. The third-order valence-electron chi connectivity index (χ3n) is 1.66. The zero-order valence-corrected chi connectivity index (χ0v) is 7.74. The fraction of sp³-hybridized carbons (Fsp3) is 0.222. The molecule has 0 aliphatic heterocycles. The van der Waals surface area contributed by atoms with Crippen molar-refractivity contribution in [3.8, 4) is 5.75 Å². The number of aromatic nitrogens is 1. The summed E-state index contributed by atoms with van der Waals surface area (Å²) < 4.78 is 5.11. The second-order valence-electron chi connectivity index (χ2n) is 2.69. The van der Waals surface area contributed by atoms with Crippen LogP contribution in [0.1, 0.15) is 11.3 Å². The zero-order valence-electron chi connectivity index (χ0n) is 7.74. The molecular formula is C9H13N3O. The maximum atomic E-state index is 5.61. The Bertz CT molecular complexity index is 334. The lowest BCUT2D eigenvalue weighted by molar-refractivity contribution is 0.411. The molecule has 70 valence electrons. The van der Waals surface area contributed by atoms with E-state index in [4.69, 9.17) is 16.2 Å². The van der Waals surface area contributed by atoms with Gasteiger partial charge in [0.2, 0.25) is 0 Å². The number of rotatable bonds is 2. The maximum Gasteiger partial charge on any atom is 0.146 e. The van der Waals surface area contributed by atoms with Crippen LogP contribution in [0.2, 0.25) is 0 Å². The Morgan fingerprint density at radius 1 is 1.62 bits per heavy atom. The number of nitrogens with two attached hydrogens (primary N) is 2. The summed E-state index contributed by atoms with van der Waals surface area (Å²) in [6.07, 6.45) is 3.02. The van der Waals surface area contributed by atoms with Crippen LogP contribution >= 0.6 is 0 Å². The average molecular weight is 179 g/mol. The minimum absolute atomic E-state index is 0.414. The summed E-state index contributed by atoms with van der Waals surface area (Å²) in [5, 5.41) is 0. The summed E-state index contributed by atoms with van der Waals surface area (Å²) in [4.78, 5) is 4.12. The van der Waals surface area contributed by atoms with Crippen LogP contribution < -0.4 is 16.2 Å². The molecule has 0 fully saturated rings. The molecule has 4 nitrogen and oxygen atoms in total. The van der Waals surface area contributed by atoms with Crippen molar-refractivity contribution in [3.63, 3.8) is 0 Å². The predicted octanol–water partition coefficient (Wildman–Crippen LogP) is 0.614. The normalized spacial score (nSPS) is 11.4. The van der Waals surface area contributed by atoms with Crippen molar-refractivity contribution in [2.24, 2.45) is 11.5 Å². The molecular weight excluding hydrogens is 166 g/mol. The van der Waals surface area contributed by atoms with E-state index in [2.05, 4.69) is 4.98 Å². The summed E-state index contributed by atoms with van der Waals surface area (Å²) in [6.45, 7) is 1.93. The van der Waals surface area contributed by atoms with E-state index in [0.29, 0.717) is 17.1 Å². The number of methoxy groups -OCH3 is 1. The molecule has 0 aliphatic carbocycles. The minimum atomic E-state index is 0.414. The molecule has 0 spiro atoms. The Morgan fingerprint density at radius 2 is 2.31 bits per heavy atom. The van der Waals surface area contributed by atoms with Crippen molar-refractivity contribution in [1.82, 2.24) is 4.98 Å². The number of ether oxygens (including phenoxy) is 1. The number of hydrogen-bond acceptors (Lipinski definition) is 4. The molecule has 0 unspecified atom stereocenters. The van der Waals surface area contributed by atoms with Crippen LogP contribution in [0, 0.1) is 6.92 Å². The van der Waals surface area contributed by atoms with E-state index in [0.717, 1.165) is 5.56 Å². The highest BCUT2D eigenvalue weighted by Crippen LogP contribution is 2.20. The van der Waals surface area contributed by atoms with Crippen LogP contribution in [0.4, 0.5) is 0 Å². The van der Waals surface area contributed by atoms with Gasteiger partial charge in [0.25, 0.3) is 0 Å². The van der Waals surface area contributed by atoms with E-state index >= 15 is 0 Å². The monoisotopic (exact) mass is 179 g/mol. The first-order valence-corrected chi connectivity index (χ1v) is 3.87. The van der Waals surface area contributed by atoms with Crippen molar-refractivity contribution < 1.29 is 4.74 Å². The Kier molecular flexibility index (Phi) is 2.74. The van der Waals surface area contributed by atoms with Gasteiger partial charge in [0.05, 0.1) is 12.8 Å². The number of nitrogens with zero attached hydrogens (tertiary/aromatic N) is 1. The Hall–Kier alpha value is -1.71. The van der Waals surface area contributed by atoms with Crippen molar-refractivity contribution >= 4 is 5.70 Å². The maximum absolute atomic E-state index is 5.61. The first-order valence-electron chi connectivity index (χ1n) is 3.87. The second-order valence-corrected chi connectivity index (χ2v) is 2.69. The lowest BCUT2D eigenvalue weighted by Gasteiger charge is -2.07. The van der Waals surface area contributed by atoms with Gasteiger partial charge in [-0.1, -0.05) is 0 Å². The molecule has 0 bridgehead atoms. The first-order chi connectivity index (χ1) is 6.19. The van der Waals surface area contributed by atoms with E-state index in [1.54, 1.807) is 13.3 Å². The van der Waals surface area contributed by atoms with Gasteiger partial charge in [0.15, 0.2) is 0 Å². The molecule has 4 N–H and O–H groups in total. The van der Waals surface area contributed by atoms with Crippen LogP contribution in [0.15, 0.2) is 18.5 Å². The first kappa shape index (κ1) is 9.38.